The van der Waals surface area contributed by atoms with Crippen LogP contribution in [0.5, 0.6) is 5.75 Å². The van der Waals surface area contributed by atoms with Crippen molar-refractivity contribution in [1.29, 1.82) is 0 Å². The lowest BCUT2D eigenvalue weighted by molar-refractivity contribution is 0.394. The molecule has 0 unspecified atom stereocenters. The Hall–Kier alpha value is -2.36. The summed E-state index contributed by atoms with van der Waals surface area (Å²) in [6, 6.07) is 12.1. The summed E-state index contributed by atoms with van der Waals surface area (Å²) < 4.78 is 7.55. The fraction of sp³-hybridized carbons (Fsp3) is 0.368. The fourth-order valence-corrected chi connectivity index (χ4v) is 2.73. The molecule has 0 N–H and O–H groups in total. The summed E-state index contributed by atoms with van der Waals surface area (Å²) in [7, 11) is 1.69. The summed E-state index contributed by atoms with van der Waals surface area (Å²) in [5, 5.41) is 0. The van der Waals surface area contributed by atoms with Crippen LogP contribution in [0.4, 0.5) is 0 Å². The summed E-state index contributed by atoms with van der Waals surface area (Å²) in [5.41, 5.74) is 3.25. The van der Waals surface area contributed by atoms with Crippen molar-refractivity contribution in [2.24, 2.45) is 5.41 Å². The van der Waals surface area contributed by atoms with Gasteiger partial charge >= 0.3 is 0 Å². The zero-order valence-electron chi connectivity index (χ0n) is 14.2. The third kappa shape index (κ3) is 3.52. The van der Waals surface area contributed by atoms with E-state index in [-0.39, 0.29) is 5.41 Å². The Bertz CT molecular complexity index is 815. The average Bonchev–Trinajstić information content (AvgIpc) is 2.83. The Labute approximate surface area is 137 Å². The Kier molecular flexibility index (Phi) is 4.07. The molecule has 0 saturated carbocycles. The van der Waals surface area contributed by atoms with Gasteiger partial charge in [0.1, 0.15) is 17.1 Å². The number of benzene rings is 1. The largest absolute Gasteiger partial charge is 0.497 e. The van der Waals surface area contributed by atoms with Gasteiger partial charge in [-0.1, -0.05) is 32.9 Å². The summed E-state index contributed by atoms with van der Waals surface area (Å²) >= 11 is 0. The first kappa shape index (κ1) is 15.5. The number of methoxy groups -OCH3 is 1. The molecule has 0 atom stereocenters. The lowest BCUT2D eigenvalue weighted by Gasteiger charge is -2.18. The molecule has 4 heteroatoms. The fourth-order valence-electron chi connectivity index (χ4n) is 2.73. The molecule has 0 aliphatic rings. The summed E-state index contributed by atoms with van der Waals surface area (Å²) in [5.74, 6) is 1.95. The minimum Gasteiger partial charge on any atom is -0.497 e. The van der Waals surface area contributed by atoms with Crippen LogP contribution in [0, 0.1) is 5.41 Å². The van der Waals surface area contributed by atoms with Crippen LogP contribution in [0.2, 0.25) is 0 Å². The molecule has 0 fully saturated rings. The van der Waals surface area contributed by atoms with Crippen molar-refractivity contribution in [3.8, 4) is 5.75 Å². The Balaban J connectivity index is 2.05. The zero-order valence-corrected chi connectivity index (χ0v) is 14.2. The molecule has 120 valence electrons. The first-order valence-corrected chi connectivity index (χ1v) is 7.89. The lowest BCUT2D eigenvalue weighted by atomic mass is 9.92. The Morgan fingerprint density at radius 3 is 2.70 bits per heavy atom. The van der Waals surface area contributed by atoms with Crippen molar-refractivity contribution < 1.29 is 4.74 Å². The van der Waals surface area contributed by atoms with Crippen molar-refractivity contribution >= 4 is 11.2 Å². The topological polar surface area (TPSA) is 39.9 Å². The predicted octanol–water partition coefficient (Wildman–Crippen LogP) is 4.08. The van der Waals surface area contributed by atoms with Crippen molar-refractivity contribution in [1.82, 2.24) is 14.5 Å². The normalized spacial score (nSPS) is 11.8. The van der Waals surface area contributed by atoms with E-state index in [9.17, 15) is 0 Å². The van der Waals surface area contributed by atoms with E-state index >= 15 is 0 Å². The molecule has 2 heterocycles. The predicted molar refractivity (Wildman–Crippen MR) is 92.8 cm³/mol. The molecule has 0 aliphatic carbocycles. The van der Waals surface area contributed by atoms with Gasteiger partial charge in [-0.15, -0.1) is 0 Å². The molecule has 0 spiro atoms. The van der Waals surface area contributed by atoms with Crippen LogP contribution in [-0.2, 0) is 13.0 Å². The minimum atomic E-state index is 0.174. The monoisotopic (exact) mass is 309 g/mol. The Morgan fingerprint density at radius 1 is 1.13 bits per heavy atom. The van der Waals surface area contributed by atoms with Crippen LogP contribution < -0.4 is 4.74 Å². The number of fused-ring (bicyclic) bond motifs is 1. The smallest absolute Gasteiger partial charge is 0.160 e. The van der Waals surface area contributed by atoms with Crippen molar-refractivity contribution in [3.63, 3.8) is 0 Å². The van der Waals surface area contributed by atoms with Crippen molar-refractivity contribution in [2.45, 2.75) is 33.7 Å². The Morgan fingerprint density at radius 2 is 1.96 bits per heavy atom. The molecular formula is C19H23N3O. The highest BCUT2D eigenvalue weighted by Crippen LogP contribution is 2.24. The molecule has 2 aromatic heterocycles. The number of ether oxygens (including phenoxy) is 1. The van der Waals surface area contributed by atoms with Gasteiger partial charge in [-0.25, -0.2) is 9.97 Å². The molecule has 1 aromatic carbocycles. The minimum absolute atomic E-state index is 0.174. The summed E-state index contributed by atoms with van der Waals surface area (Å²) in [4.78, 5) is 9.35. The van der Waals surface area contributed by atoms with Gasteiger partial charge in [0.05, 0.1) is 13.7 Å². The van der Waals surface area contributed by atoms with Crippen LogP contribution in [0.1, 0.15) is 32.2 Å². The van der Waals surface area contributed by atoms with E-state index < -0.39 is 0 Å². The number of hydrogen-bond acceptors (Lipinski definition) is 3. The second-order valence-corrected chi connectivity index (χ2v) is 7.05. The number of rotatable bonds is 4. The number of nitrogens with zero attached hydrogens (tertiary/aromatic N) is 3. The molecule has 0 saturated heterocycles. The standard InChI is InChI=1S/C19H23N3O/c1-19(2,3)12-17-21-16-9-6-10-20-18(16)22(17)13-14-7-5-8-15(11-14)23-4/h5-11H,12-13H2,1-4H3. The molecular weight excluding hydrogens is 286 g/mol. The van der Waals surface area contributed by atoms with Crippen LogP contribution in [-0.4, -0.2) is 21.6 Å². The molecule has 0 radical (unpaired) electrons. The maximum Gasteiger partial charge on any atom is 0.160 e. The van der Waals surface area contributed by atoms with Crippen LogP contribution in [0.15, 0.2) is 42.6 Å². The van der Waals surface area contributed by atoms with E-state index in [4.69, 9.17) is 9.72 Å². The second kappa shape index (κ2) is 6.03. The van der Waals surface area contributed by atoms with Gasteiger partial charge in [-0.05, 0) is 35.2 Å². The molecule has 3 aromatic rings. The molecule has 0 bridgehead atoms. The van der Waals surface area contributed by atoms with Gasteiger partial charge in [0.25, 0.3) is 0 Å². The van der Waals surface area contributed by atoms with E-state index in [1.807, 2.05) is 30.5 Å². The van der Waals surface area contributed by atoms with E-state index in [0.29, 0.717) is 0 Å². The zero-order chi connectivity index (χ0) is 16.4. The highest BCUT2D eigenvalue weighted by atomic mass is 16.5. The average molecular weight is 309 g/mol. The summed E-state index contributed by atoms with van der Waals surface area (Å²) in [6.07, 6.45) is 2.74. The molecule has 4 nitrogen and oxygen atoms in total. The van der Waals surface area contributed by atoms with Gasteiger partial charge in [-0.2, -0.15) is 0 Å². The second-order valence-electron chi connectivity index (χ2n) is 7.05. The molecule has 23 heavy (non-hydrogen) atoms. The number of hydrogen-bond donors (Lipinski definition) is 0. The quantitative estimate of drug-likeness (QED) is 0.729. The highest BCUT2D eigenvalue weighted by Gasteiger charge is 2.19. The lowest BCUT2D eigenvalue weighted by Crippen LogP contribution is -2.15. The maximum atomic E-state index is 5.33. The van der Waals surface area contributed by atoms with Crippen LogP contribution in [0.25, 0.3) is 11.2 Å². The van der Waals surface area contributed by atoms with Gasteiger partial charge in [-0.3, -0.25) is 0 Å². The van der Waals surface area contributed by atoms with E-state index in [1.165, 1.54) is 5.56 Å². The maximum absolute atomic E-state index is 5.33. The number of imidazole rings is 1. The van der Waals surface area contributed by atoms with Gasteiger partial charge < -0.3 is 9.30 Å². The van der Waals surface area contributed by atoms with Crippen molar-refractivity contribution in [3.05, 3.63) is 54.0 Å². The SMILES string of the molecule is COc1cccc(Cn2c(CC(C)(C)C)nc3cccnc32)c1. The van der Waals surface area contributed by atoms with E-state index in [0.717, 1.165) is 35.7 Å². The van der Waals surface area contributed by atoms with Gasteiger partial charge in [0, 0.05) is 12.6 Å². The molecule has 0 amide bonds. The van der Waals surface area contributed by atoms with Gasteiger partial charge in [0.2, 0.25) is 0 Å². The van der Waals surface area contributed by atoms with E-state index in [1.54, 1.807) is 7.11 Å². The number of aromatic nitrogens is 3. The van der Waals surface area contributed by atoms with Crippen LogP contribution in [0.3, 0.4) is 0 Å². The molecule has 0 aliphatic heterocycles. The van der Waals surface area contributed by atoms with E-state index in [2.05, 4.69) is 42.5 Å². The highest BCUT2D eigenvalue weighted by molar-refractivity contribution is 5.71. The molecule has 3 rings (SSSR count). The van der Waals surface area contributed by atoms with Gasteiger partial charge in [0.15, 0.2) is 5.65 Å². The number of pyridine rings is 1. The third-order valence-corrected chi connectivity index (χ3v) is 3.75. The third-order valence-electron chi connectivity index (χ3n) is 3.75. The first-order chi connectivity index (χ1) is 11.0. The first-order valence-electron chi connectivity index (χ1n) is 7.89. The van der Waals surface area contributed by atoms with Crippen LogP contribution >= 0.6 is 0 Å². The van der Waals surface area contributed by atoms with Crippen molar-refractivity contribution in [2.75, 3.05) is 7.11 Å². The summed E-state index contributed by atoms with van der Waals surface area (Å²) in [6.45, 7) is 7.44.